The van der Waals surface area contributed by atoms with Crippen LogP contribution < -0.4 is 10.1 Å². The quantitative estimate of drug-likeness (QED) is 0.179. The fourth-order valence-electron chi connectivity index (χ4n) is 6.12. The van der Waals surface area contributed by atoms with Crippen molar-refractivity contribution in [1.29, 1.82) is 0 Å². The molecule has 16 heteroatoms. The van der Waals surface area contributed by atoms with Crippen LogP contribution in [0.2, 0.25) is 0 Å². The predicted octanol–water partition coefficient (Wildman–Crippen LogP) is 3.56. The number of halogens is 2. The fourth-order valence-corrected chi connectivity index (χ4v) is 6.99. The van der Waals surface area contributed by atoms with E-state index < -0.39 is 12.8 Å². The van der Waals surface area contributed by atoms with Gasteiger partial charge in [0, 0.05) is 73.6 Å². The lowest BCUT2D eigenvalue weighted by atomic mass is 10.0. The molecule has 0 aliphatic carbocycles. The van der Waals surface area contributed by atoms with E-state index >= 15 is 0 Å². The van der Waals surface area contributed by atoms with Crippen LogP contribution in [0.3, 0.4) is 0 Å². The fraction of sp³-hybridized carbons (Fsp3) is 0.469. The standard InChI is InChI=1S/C32H39F2N9O4S/c1-20(2)48-22-5-6-26(47-32(33)34)23(15-22)29-25(37-31(46)24-16-36-43-10-4-9-35-30(24)43)17-42(38-29)19-28(45)40-11-7-21(8-12-40)41-14-13-39(3)27(44)18-41/h4-6,9-10,15-17,20-21,31-32,37,46H,7-8,11-14,18-19H2,1-3H3. The van der Waals surface area contributed by atoms with E-state index in [-0.39, 0.29) is 46.7 Å². The molecule has 2 saturated heterocycles. The number of nitrogens with one attached hydrogen (secondary N) is 1. The van der Waals surface area contributed by atoms with Crippen molar-refractivity contribution in [3.8, 4) is 17.0 Å². The van der Waals surface area contributed by atoms with Crippen molar-refractivity contribution in [2.24, 2.45) is 0 Å². The van der Waals surface area contributed by atoms with Crippen molar-refractivity contribution < 1.29 is 28.2 Å². The Kier molecular flexibility index (Phi) is 10.1. The lowest BCUT2D eigenvalue weighted by molar-refractivity contribution is -0.138. The van der Waals surface area contributed by atoms with Gasteiger partial charge in [-0.25, -0.2) is 9.50 Å². The number of rotatable bonds is 11. The van der Waals surface area contributed by atoms with Crippen LogP contribution in [0.4, 0.5) is 14.5 Å². The molecule has 1 aromatic carbocycles. The largest absolute Gasteiger partial charge is 0.434 e. The number of benzene rings is 1. The minimum absolute atomic E-state index is 0.0886. The molecule has 1 atom stereocenters. The monoisotopic (exact) mass is 683 g/mol. The number of likely N-dealkylation sites (tertiary alicyclic amines) is 1. The maximum absolute atomic E-state index is 13.5. The van der Waals surface area contributed by atoms with Crippen LogP contribution in [0.25, 0.3) is 16.9 Å². The van der Waals surface area contributed by atoms with Gasteiger partial charge in [0.2, 0.25) is 11.8 Å². The molecule has 48 heavy (non-hydrogen) atoms. The number of hydrogen-bond donors (Lipinski definition) is 2. The highest BCUT2D eigenvalue weighted by Gasteiger charge is 2.31. The third kappa shape index (κ3) is 7.55. The Labute approximate surface area is 280 Å². The minimum Gasteiger partial charge on any atom is -0.434 e. The molecule has 0 bridgehead atoms. The Morgan fingerprint density at radius 2 is 1.98 bits per heavy atom. The molecule has 4 aromatic rings. The summed E-state index contributed by atoms with van der Waals surface area (Å²) in [5.41, 5.74) is 1.63. The average molecular weight is 684 g/mol. The topological polar surface area (TPSA) is 133 Å². The second-order valence-electron chi connectivity index (χ2n) is 12.2. The molecule has 3 aromatic heterocycles. The number of carbonyl (C=O) groups excluding carboxylic acids is 2. The average Bonchev–Trinajstić information content (AvgIpc) is 3.66. The number of amides is 2. The second kappa shape index (κ2) is 14.5. The number of aliphatic hydroxyl groups is 1. The van der Waals surface area contributed by atoms with Gasteiger partial charge in [-0.3, -0.25) is 19.2 Å². The maximum Gasteiger partial charge on any atom is 0.387 e. The Morgan fingerprint density at radius 1 is 1.19 bits per heavy atom. The smallest absolute Gasteiger partial charge is 0.387 e. The molecule has 2 amide bonds. The molecular formula is C32H39F2N9O4S. The first-order chi connectivity index (χ1) is 23.0. The van der Waals surface area contributed by atoms with Gasteiger partial charge in [0.1, 0.15) is 18.0 Å². The summed E-state index contributed by atoms with van der Waals surface area (Å²) in [4.78, 5) is 36.6. The maximum atomic E-state index is 13.5. The molecular weight excluding hydrogens is 644 g/mol. The van der Waals surface area contributed by atoms with Gasteiger partial charge in [0.15, 0.2) is 11.9 Å². The van der Waals surface area contributed by atoms with Crippen LogP contribution in [0, 0.1) is 0 Å². The van der Waals surface area contributed by atoms with Gasteiger partial charge < -0.3 is 25.0 Å². The number of thioether (sulfide) groups is 1. The highest BCUT2D eigenvalue weighted by molar-refractivity contribution is 7.99. The summed E-state index contributed by atoms with van der Waals surface area (Å²) < 4.78 is 34.9. The van der Waals surface area contributed by atoms with E-state index in [0.29, 0.717) is 43.1 Å². The van der Waals surface area contributed by atoms with E-state index in [4.69, 9.17) is 4.74 Å². The van der Waals surface area contributed by atoms with Crippen LogP contribution in [-0.4, -0.2) is 114 Å². The molecule has 13 nitrogen and oxygen atoms in total. The number of aliphatic hydroxyl groups excluding tert-OH is 1. The van der Waals surface area contributed by atoms with E-state index in [2.05, 4.69) is 25.4 Å². The first-order valence-electron chi connectivity index (χ1n) is 15.9. The van der Waals surface area contributed by atoms with Crippen LogP contribution in [0.15, 0.2) is 53.9 Å². The van der Waals surface area contributed by atoms with Gasteiger partial charge >= 0.3 is 6.61 Å². The number of piperazine rings is 1. The van der Waals surface area contributed by atoms with Crippen molar-refractivity contribution in [3.05, 3.63) is 54.6 Å². The molecule has 6 rings (SSSR count). The Bertz CT molecular complexity index is 1760. The van der Waals surface area contributed by atoms with Gasteiger partial charge in [0.25, 0.3) is 0 Å². The van der Waals surface area contributed by atoms with Gasteiger partial charge in [-0.1, -0.05) is 13.8 Å². The number of ether oxygens (including phenoxy) is 1. The molecule has 2 aliphatic rings. The van der Waals surface area contributed by atoms with Crippen molar-refractivity contribution in [3.63, 3.8) is 0 Å². The molecule has 2 N–H and O–H groups in total. The van der Waals surface area contributed by atoms with Gasteiger partial charge in [-0.05, 0) is 37.1 Å². The zero-order valence-electron chi connectivity index (χ0n) is 27.0. The van der Waals surface area contributed by atoms with E-state index in [1.807, 2.05) is 20.9 Å². The molecule has 2 fully saturated rings. The van der Waals surface area contributed by atoms with Crippen molar-refractivity contribution >= 4 is 34.9 Å². The first-order valence-corrected chi connectivity index (χ1v) is 16.8. The summed E-state index contributed by atoms with van der Waals surface area (Å²) in [6.07, 6.45) is 6.57. The zero-order chi connectivity index (χ0) is 33.9. The highest BCUT2D eigenvalue weighted by Crippen LogP contribution is 2.39. The van der Waals surface area contributed by atoms with Crippen molar-refractivity contribution in [2.45, 2.75) is 62.3 Å². The van der Waals surface area contributed by atoms with Crippen LogP contribution in [-0.2, 0) is 16.1 Å². The van der Waals surface area contributed by atoms with E-state index in [0.717, 1.165) is 24.3 Å². The van der Waals surface area contributed by atoms with Crippen LogP contribution in [0.5, 0.6) is 5.75 Å². The summed E-state index contributed by atoms with van der Waals surface area (Å²) in [6, 6.07) is 6.86. The number of fused-ring (bicyclic) bond motifs is 1. The number of hydrogen-bond acceptors (Lipinski definition) is 10. The molecule has 2 aliphatic heterocycles. The summed E-state index contributed by atoms with van der Waals surface area (Å²) in [7, 11) is 1.81. The molecule has 5 heterocycles. The predicted molar refractivity (Wildman–Crippen MR) is 176 cm³/mol. The molecule has 256 valence electrons. The number of piperidine rings is 1. The summed E-state index contributed by atoms with van der Waals surface area (Å²) in [6.45, 7) is 3.87. The van der Waals surface area contributed by atoms with Gasteiger partial charge in [0.05, 0.1) is 24.0 Å². The highest BCUT2D eigenvalue weighted by atomic mass is 32.2. The van der Waals surface area contributed by atoms with Crippen molar-refractivity contribution in [2.75, 3.05) is 45.1 Å². The third-order valence-corrected chi connectivity index (χ3v) is 9.56. The number of likely N-dealkylation sites (N-methyl/N-ethyl adjacent to an activating group) is 1. The van der Waals surface area contributed by atoms with E-state index in [9.17, 15) is 23.5 Å². The number of anilines is 1. The van der Waals surface area contributed by atoms with Crippen molar-refractivity contribution in [1.82, 2.24) is 39.1 Å². The normalized spacial score (nSPS) is 17.1. The van der Waals surface area contributed by atoms with Crippen LogP contribution >= 0.6 is 11.8 Å². The van der Waals surface area contributed by atoms with Crippen LogP contribution in [0.1, 0.15) is 38.5 Å². The minimum atomic E-state index is -3.07. The lowest BCUT2D eigenvalue weighted by Gasteiger charge is -2.41. The lowest BCUT2D eigenvalue weighted by Crippen LogP contribution is -2.55. The summed E-state index contributed by atoms with van der Waals surface area (Å²) >= 11 is 1.55. The number of carbonyl (C=O) groups is 2. The number of aromatic nitrogens is 5. The Morgan fingerprint density at radius 3 is 2.71 bits per heavy atom. The Balaban J connectivity index is 1.26. The second-order valence-corrected chi connectivity index (χ2v) is 13.9. The molecule has 1 unspecified atom stereocenters. The molecule has 0 spiro atoms. The zero-order valence-corrected chi connectivity index (χ0v) is 27.8. The molecule has 0 radical (unpaired) electrons. The van der Waals surface area contributed by atoms with Gasteiger partial charge in [-0.2, -0.15) is 19.0 Å². The number of alkyl halides is 2. The third-order valence-electron chi connectivity index (χ3n) is 8.57. The number of nitrogens with zero attached hydrogens (tertiary/aromatic N) is 8. The molecule has 0 saturated carbocycles. The van der Waals surface area contributed by atoms with E-state index in [1.165, 1.54) is 21.5 Å². The first kappa shape index (κ1) is 33.6. The SMILES string of the molecule is CC(C)Sc1ccc(OC(F)F)c(-c2nn(CC(=O)N3CCC(N4CCN(C)C(=O)C4)CC3)cc2NC(O)c2cnn3cccnc23)c1. The van der Waals surface area contributed by atoms with Gasteiger partial charge in [-0.15, -0.1) is 11.8 Å². The van der Waals surface area contributed by atoms with E-state index in [1.54, 1.807) is 58.4 Å². The summed E-state index contributed by atoms with van der Waals surface area (Å²) in [5, 5.41) is 23.5. The Hall–Kier alpha value is -4.28. The summed E-state index contributed by atoms with van der Waals surface area (Å²) in [5.74, 6) is -0.129.